The standard InChI is InChI=1S/C15H15ClFN3O/c1-20(9-10-2-5-12(17)6-3-10)14-7-4-11(16)8-13(14)15(18)19-21/h2-8,21H,9H2,1H3,(H2,18,19). The fraction of sp³-hybridized carbons (Fsp3) is 0.133. The van der Waals surface area contributed by atoms with E-state index in [2.05, 4.69) is 5.16 Å². The predicted molar refractivity (Wildman–Crippen MR) is 82.5 cm³/mol. The minimum atomic E-state index is -0.273. The molecular weight excluding hydrogens is 293 g/mol. The van der Waals surface area contributed by atoms with Crippen LogP contribution in [-0.4, -0.2) is 18.1 Å². The third kappa shape index (κ3) is 3.64. The quantitative estimate of drug-likeness (QED) is 0.394. The van der Waals surface area contributed by atoms with Crippen molar-refractivity contribution in [3.05, 3.63) is 64.4 Å². The molecule has 0 aromatic heterocycles. The Hall–Kier alpha value is -2.27. The summed E-state index contributed by atoms with van der Waals surface area (Å²) in [5, 5.41) is 12.4. The van der Waals surface area contributed by atoms with E-state index in [0.29, 0.717) is 17.1 Å². The molecule has 0 spiro atoms. The maximum atomic E-state index is 12.9. The van der Waals surface area contributed by atoms with Crippen LogP contribution in [0.1, 0.15) is 11.1 Å². The molecule has 0 aliphatic carbocycles. The van der Waals surface area contributed by atoms with Gasteiger partial charge in [-0.1, -0.05) is 28.9 Å². The molecule has 3 N–H and O–H groups in total. The zero-order valence-electron chi connectivity index (χ0n) is 11.4. The van der Waals surface area contributed by atoms with E-state index < -0.39 is 0 Å². The number of amidine groups is 1. The van der Waals surface area contributed by atoms with Crippen molar-refractivity contribution in [2.24, 2.45) is 10.9 Å². The van der Waals surface area contributed by atoms with Crippen molar-refractivity contribution in [2.45, 2.75) is 6.54 Å². The van der Waals surface area contributed by atoms with Gasteiger partial charge in [-0.15, -0.1) is 0 Å². The molecule has 21 heavy (non-hydrogen) atoms. The summed E-state index contributed by atoms with van der Waals surface area (Å²) in [5.41, 5.74) is 7.92. The summed E-state index contributed by atoms with van der Waals surface area (Å²) in [4.78, 5) is 1.91. The Labute approximate surface area is 127 Å². The van der Waals surface area contributed by atoms with Crippen LogP contribution in [0, 0.1) is 5.82 Å². The number of anilines is 1. The SMILES string of the molecule is CN(Cc1ccc(F)cc1)c1ccc(Cl)cc1C(N)=NO. The van der Waals surface area contributed by atoms with Gasteiger partial charge in [0.2, 0.25) is 0 Å². The first-order chi connectivity index (χ1) is 10.0. The van der Waals surface area contributed by atoms with Crippen molar-refractivity contribution in [1.29, 1.82) is 0 Å². The highest BCUT2D eigenvalue weighted by Crippen LogP contribution is 2.24. The fourth-order valence-corrected chi connectivity index (χ4v) is 2.22. The van der Waals surface area contributed by atoms with E-state index in [4.69, 9.17) is 22.5 Å². The second kappa shape index (κ2) is 6.45. The van der Waals surface area contributed by atoms with Gasteiger partial charge >= 0.3 is 0 Å². The first-order valence-corrected chi connectivity index (χ1v) is 6.62. The minimum Gasteiger partial charge on any atom is -0.409 e. The van der Waals surface area contributed by atoms with Gasteiger partial charge in [0.25, 0.3) is 0 Å². The fourth-order valence-electron chi connectivity index (χ4n) is 2.05. The van der Waals surface area contributed by atoms with Gasteiger partial charge in [-0.05, 0) is 35.9 Å². The van der Waals surface area contributed by atoms with E-state index in [1.807, 2.05) is 11.9 Å². The molecule has 2 aromatic carbocycles. The average molecular weight is 308 g/mol. The van der Waals surface area contributed by atoms with Crippen LogP contribution in [0.2, 0.25) is 5.02 Å². The number of benzene rings is 2. The molecule has 0 fully saturated rings. The van der Waals surface area contributed by atoms with E-state index in [-0.39, 0.29) is 11.7 Å². The topological polar surface area (TPSA) is 61.8 Å². The summed E-state index contributed by atoms with van der Waals surface area (Å²) in [7, 11) is 1.86. The van der Waals surface area contributed by atoms with Crippen molar-refractivity contribution in [1.82, 2.24) is 0 Å². The summed E-state index contributed by atoms with van der Waals surface area (Å²) in [6.07, 6.45) is 0. The third-order valence-electron chi connectivity index (χ3n) is 3.09. The van der Waals surface area contributed by atoms with Crippen LogP contribution in [0.15, 0.2) is 47.6 Å². The van der Waals surface area contributed by atoms with Gasteiger partial charge in [-0.25, -0.2) is 4.39 Å². The van der Waals surface area contributed by atoms with Gasteiger partial charge in [0.1, 0.15) is 5.82 Å². The lowest BCUT2D eigenvalue weighted by Crippen LogP contribution is -2.22. The molecule has 110 valence electrons. The van der Waals surface area contributed by atoms with E-state index in [9.17, 15) is 4.39 Å². The molecule has 0 saturated heterocycles. The number of hydrogen-bond donors (Lipinski definition) is 2. The highest BCUT2D eigenvalue weighted by atomic mass is 35.5. The number of oxime groups is 1. The number of nitrogens with two attached hydrogens (primary N) is 1. The van der Waals surface area contributed by atoms with Crippen molar-refractivity contribution in [3.63, 3.8) is 0 Å². The highest BCUT2D eigenvalue weighted by molar-refractivity contribution is 6.31. The van der Waals surface area contributed by atoms with Gasteiger partial charge in [0.05, 0.1) is 0 Å². The Bertz CT molecular complexity index is 658. The summed E-state index contributed by atoms with van der Waals surface area (Å²) < 4.78 is 12.9. The average Bonchev–Trinajstić information content (AvgIpc) is 2.48. The number of rotatable bonds is 4. The molecule has 0 aliphatic rings. The van der Waals surface area contributed by atoms with Gasteiger partial charge < -0.3 is 15.8 Å². The Kier molecular flexibility index (Phi) is 4.65. The molecule has 0 radical (unpaired) electrons. The molecule has 4 nitrogen and oxygen atoms in total. The van der Waals surface area contributed by atoms with Crippen LogP contribution >= 0.6 is 11.6 Å². The van der Waals surface area contributed by atoms with Gasteiger partial charge in [0, 0.05) is 29.9 Å². The smallest absolute Gasteiger partial charge is 0.172 e. The largest absolute Gasteiger partial charge is 0.409 e. The molecular formula is C15H15ClFN3O. The predicted octanol–water partition coefficient (Wildman–Crippen LogP) is 3.21. The summed E-state index contributed by atoms with van der Waals surface area (Å²) >= 11 is 5.95. The first-order valence-electron chi connectivity index (χ1n) is 6.24. The Morgan fingerprint density at radius 1 is 1.29 bits per heavy atom. The van der Waals surface area contributed by atoms with Gasteiger partial charge in [-0.3, -0.25) is 0 Å². The third-order valence-corrected chi connectivity index (χ3v) is 3.32. The maximum absolute atomic E-state index is 12.9. The summed E-state index contributed by atoms with van der Waals surface area (Å²) in [6, 6.07) is 11.4. The van der Waals surface area contributed by atoms with E-state index in [1.54, 1.807) is 30.3 Å². The van der Waals surface area contributed by atoms with Gasteiger partial charge in [0.15, 0.2) is 5.84 Å². The molecule has 0 bridgehead atoms. The number of halogens is 2. The van der Waals surface area contributed by atoms with Gasteiger partial charge in [-0.2, -0.15) is 0 Å². The molecule has 6 heteroatoms. The lowest BCUT2D eigenvalue weighted by molar-refractivity contribution is 0.318. The molecule has 2 rings (SSSR count). The molecule has 0 atom stereocenters. The van der Waals surface area contributed by atoms with Crippen LogP contribution in [0.5, 0.6) is 0 Å². The maximum Gasteiger partial charge on any atom is 0.172 e. The monoisotopic (exact) mass is 307 g/mol. The molecule has 0 heterocycles. The lowest BCUT2D eigenvalue weighted by atomic mass is 10.1. The number of nitrogens with zero attached hydrogens (tertiary/aromatic N) is 2. The zero-order chi connectivity index (χ0) is 15.4. The summed E-state index contributed by atoms with van der Waals surface area (Å²) in [5.74, 6) is -0.288. The molecule has 0 amide bonds. The van der Waals surface area contributed by atoms with Crippen LogP contribution in [-0.2, 0) is 6.54 Å². The molecule has 2 aromatic rings. The normalized spacial score (nSPS) is 11.5. The zero-order valence-corrected chi connectivity index (χ0v) is 12.2. The second-order valence-electron chi connectivity index (χ2n) is 4.63. The lowest BCUT2D eigenvalue weighted by Gasteiger charge is -2.22. The van der Waals surface area contributed by atoms with Crippen LogP contribution < -0.4 is 10.6 Å². The Morgan fingerprint density at radius 2 is 1.95 bits per heavy atom. The van der Waals surface area contributed by atoms with Crippen molar-refractivity contribution in [3.8, 4) is 0 Å². The number of hydrogen-bond acceptors (Lipinski definition) is 3. The Morgan fingerprint density at radius 3 is 2.57 bits per heavy atom. The van der Waals surface area contributed by atoms with Crippen molar-refractivity contribution >= 4 is 23.1 Å². The summed E-state index contributed by atoms with van der Waals surface area (Å²) in [6.45, 7) is 0.549. The molecule has 0 unspecified atom stereocenters. The van der Waals surface area contributed by atoms with Crippen LogP contribution in [0.4, 0.5) is 10.1 Å². The van der Waals surface area contributed by atoms with Crippen molar-refractivity contribution in [2.75, 3.05) is 11.9 Å². The molecule has 0 aliphatic heterocycles. The first kappa shape index (κ1) is 15.1. The molecule has 0 saturated carbocycles. The van der Waals surface area contributed by atoms with E-state index >= 15 is 0 Å². The highest BCUT2D eigenvalue weighted by Gasteiger charge is 2.12. The van der Waals surface area contributed by atoms with E-state index in [1.165, 1.54) is 12.1 Å². The van der Waals surface area contributed by atoms with Crippen LogP contribution in [0.25, 0.3) is 0 Å². The second-order valence-corrected chi connectivity index (χ2v) is 5.07. The minimum absolute atomic E-state index is 0.0153. The van der Waals surface area contributed by atoms with Crippen LogP contribution in [0.3, 0.4) is 0 Å². The Balaban J connectivity index is 2.30. The van der Waals surface area contributed by atoms with Crippen molar-refractivity contribution < 1.29 is 9.60 Å². The van der Waals surface area contributed by atoms with E-state index in [0.717, 1.165) is 11.3 Å².